The largest absolute Gasteiger partial charge is 0.497 e. The molecule has 10 heteroatoms. The second kappa shape index (κ2) is 11.4. The summed E-state index contributed by atoms with van der Waals surface area (Å²) in [5.74, 6) is -0.0171. The normalized spacial score (nSPS) is 16.1. The maximum atomic E-state index is 14.7. The van der Waals surface area contributed by atoms with Crippen LogP contribution in [0.15, 0.2) is 36.5 Å². The maximum absolute atomic E-state index is 14.7. The van der Waals surface area contributed by atoms with Crippen LogP contribution in [-0.4, -0.2) is 52.8 Å². The molecule has 2 aromatic carbocycles. The van der Waals surface area contributed by atoms with Gasteiger partial charge in [0.25, 0.3) is 0 Å². The third-order valence-corrected chi connectivity index (χ3v) is 7.08. The van der Waals surface area contributed by atoms with E-state index in [4.69, 9.17) is 4.74 Å². The Morgan fingerprint density at radius 2 is 1.82 bits per heavy atom. The van der Waals surface area contributed by atoms with Crippen molar-refractivity contribution in [1.82, 2.24) is 9.88 Å². The van der Waals surface area contributed by atoms with Gasteiger partial charge in [0.2, 0.25) is 0 Å². The Morgan fingerprint density at radius 3 is 2.45 bits per heavy atom. The molecule has 3 aromatic rings. The second-order valence-electron chi connectivity index (χ2n) is 9.37. The number of benzene rings is 2. The molecule has 1 aromatic heterocycles. The van der Waals surface area contributed by atoms with Crippen LogP contribution in [0.1, 0.15) is 42.9 Å². The zero-order chi connectivity index (χ0) is 27.4. The molecule has 0 amide bonds. The number of pyridine rings is 1. The van der Waals surface area contributed by atoms with E-state index in [-0.39, 0.29) is 43.4 Å². The standard InChI is InChI=1S/C28H26F4N2O4/c1-38-18-4-5-23-19(15-18)25(22(31)16-33-23)24(35)6-7-28(27(36)37)8-11-34(12-9-28)10-2-3-17-13-20(29)26(32)21(30)14-17/h4-5,13-16,24,35H,6-12H2,1H3,(H,36,37). The number of aromatic nitrogens is 1. The van der Waals surface area contributed by atoms with E-state index in [9.17, 15) is 32.6 Å². The summed E-state index contributed by atoms with van der Waals surface area (Å²) in [6, 6.07) is 6.55. The maximum Gasteiger partial charge on any atom is 0.309 e. The number of aliphatic hydroxyl groups is 1. The first-order valence-corrected chi connectivity index (χ1v) is 12.0. The third-order valence-electron chi connectivity index (χ3n) is 7.08. The number of rotatable bonds is 7. The predicted octanol–water partition coefficient (Wildman–Crippen LogP) is 4.83. The average Bonchev–Trinajstić information content (AvgIpc) is 2.90. The number of aliphatic carboxylic acids is 1. The van der Waals surface area contributed by atoms with Gasteiger partial charge in [0.05, 0.1) is 36.9 Å². The Labute approximate surface area is 216 Å². The van der Waals surface area contributed by atoms with Crippen molar-refractivity contribution in [2.45, 2.75) is 31.8 Å². The highest BCUT2D eigenvalue weighted by Gasteiger charge is 2.41. The zero-order valence-corrected chi connectivity index (χ0v) is 20.6. The smallest absolute Gasteiger partial charge is 0.309 e. The fourth-order valence-corrected chi connectivity index (χ4v) is 4.78. The first kappa shape index (κ1) is 27.4. The second-order valence-corrected chi connectivity index (χ2v) is 9.37. The van der Waals surface area contributed by atoms with Crippen molar-refractivity contribution in [3.63, 3.8) is 0 Å². The summed E-state index contributed by atoms with van der Waals surface area (Å²) in [5, 5.41) is 21.3. The highest BCUT2D eigenvalue weighted by atomic mass is 19.2. The van der Waals surface area contributed by atoms with E-state index in [2.05, 4.69) is 16.8 Å². The molecule has 2 N–H and O–H groups in total. The lowest BCUT2D eigenvalue weighted by atomic mass is 9.74. The van der Waals surface area contributed by atoms with Gasteiger partial charge < -0.3 is 14.9 Å². The molecule has 0 radical (unpaired) electrons. The Morgan fingerprint density at radius 1 is 1.13 bits per heavy atom. The molecule has 2 heterocycles. The Balaban J connectivity index is 1.41. The van der Waals surface area contributed by atoms with Crippen LogP contribution in [-0.2, 0) is 4.79 Å². The molecular weight excluding hydrogens is 504 g/mol. The number of methoxy groups -OCH3 is 1. The van der Waals surface area contributed by atoms with E-state index in [1.54, 1.807) is 18.2 Å². The highest BCUT2D eigenvalue weighted by Crippen LogP contribution is 2.40. The first-order valence-electron chi connectivity index (χ1n) is 12.0. The van der Waals surface area contributed by atoms with E-state index < -0.39 is 40.8 Å². The van der Waals surface area contributed by atoms with Crippen LogP contribution in [0.25, 0.3) is 10.9 Å². The summed E-state index contributed by atoms with van der Waals surface area (Å²) in [5.41, 5.74) is -0.572. The van der Waals surface area contributed by atoms with Crippen molar-refractivity contribution < 1.29 is 37.3 Å². The lowest BCUT2D eigenvalue weighted by Crippen LogP contribution is -2.44. The minimum atomic E-state index is -1.55. The predicted molar refractivity (Wildman–Crippen MR) is 131 cm³/mol. The Hall–Kier alpha value is -3.68. The molecule has 0 spiro atoms. The quantitative estimate of drug-likeness (QED) is 0.259. The summed E-state index contributed by atoms with van der Waals surface area (Å²) < 4.78 is 59.7. The molecule has 38 heavy (non-hydrogen) atoms. The van der Waals surface area contributed by atoms with E-state index in [1.165, 1.54) is 7.11 Å². The molecule has 6 nitrogen and oxygen atoms in total. The minimum Gasteiger partial charge on any atom is -0.497 e. The van der Waals surface area contributed by atoms with Crippen molar-refractivity contribution >= 4 is 16.9 Å². The number of aliphatic hydroxyl groups excluding tert-OH is 1. The number of carboxylic acids is 1. The van der Waals surface area contributed by atoms with Crippen LogP contribution in [0.4, 0.5) is 17.6 Å². The van der Waals surface area contributed by atoms with Gasteiger partial charge in [0.15, 0.2) is 17.5 Å². The summed E-state index contributed by atoms with van der Waals surface area (Å²) >= 11 is 0. The number of likely N-dealkylation sites (tertiary alicyclic amines) is 1. The van der Waals surface area contributed by atoms with E-state index in [0.717, 1.165) is 18.3 Å². The van der Waals surface area contributed by atoms with Gasteiger partial charge in [-0.15, -0.1) is 0 Å². The molecule has 1 aliphatic rings. The molecule has 0 saturated carbocycles. The van der Waals surface area contributed by atoms with Crippen molar-refractivity contribution in [3.8, 4) is 17.6 Å². The fraction of sp³-hybridized carbons (Fsp3) is 0.357. The number of ether oxygens (including phenoxy) is 1. The fourth-order valence-electron chi connectivity index (χ4n) is 4.78. The Kier molecular flexibility index (Phi) is 8.19. The van der Waals surface area contributed by atoms with Gasteiger partial charge in [-0.3, -0.25) is 14.7 Å². The monoisotopic (exact) mass is 530 g/mol. The SMILES string of the molecule is COc1ccc2ncc(F)c(C(O)CCC3(C(=O)O)CCN(CC#Cc4cc(F)c(F)c(F)c4)CC3)c2c1. The topological polar surface area (TPSA) is 82.9 Å². The molecule has 1 atom stereocenters. The first-order chi connectivity index (χ1) is 18.1. The molecule has 0 bridgehead atoms. The highest BCUT2D eigenvalue weighted by molar-refractivity contribution is 5.84. The number of hydrogen-bond acceptors (Lipinski definition) is 5. The molecule has 0 aliphatic carbocycles. The number of fused-ring (bicyclic) bond motifs is 1. The summed E-state index contributed by atoms with van der Waals surface area (Å²) in [6.45, 7) is 1.02. The summed E-state index contributed by atoms with van der Waals surface area (Å²) in [4.78, 5) is 18.2. The lowest BCUT2D eigenvalue weighted by Gasteiger charge is -2.38. The molecule has 1 saturated heterocycles. The zero-order valence-electron chi connectivity index (χ0n) is 20.6. The molecule has 1 unspecified atom stereocenters. The van der Waals surface area contributed by atoms with Gasteiger partial charge in [0.1, 0.15) is 11.6 Å². The third kappa shape index (κ3) is 5.74. The number of piperidine rings is 1. The number of carboxylic acid groups (broad SMARTS) is 1. The summed E-state index contributed by atoms with van der Waals surface area (Å²) in [6.07, 6.45) is 0.512. The van der Waals surface area contributed by atoms with Gasteiger partial charge in [-0.05, 0) is 56.0 Å². The van der Waals surface area contributed by atoms with Gasteiger partial charge in [-0.2, -0.15) is 0 Å². The van der Waals surface area contributed by atoms with Crippen LogP contribution in [0, 0.1) is 40.5 Å². The van der Waals surface area contributed by atoms with E-state index >= 15 is 0 Å². The van der Waals surface area contributed by atoms with E-state index in [0.29, 0.717) is 29.7 Å². The van der Waals surface area contributed by atoms with Crippen molar-refractivity contribution in [3.05, 3.63) is 70.9 Å². The minimum absolute atomic E-state index is 0.000711. The molecule has 1 aliphatic heterocycles. The van der Waals surface area contributed by atoms with Gasteiger partial charge >= 0.3 is 5.97 Å². The van der Waals surface area contributed by atoms with Gasteiger partial charge in [0, 0.05) is 29.6 Å². The Bertz CT molecular complexity index is 1390. The van der Waals surface area contributed by atoms with E-state index in [1.807, 2.05) is 4.90 Å². The number of halogens is 4. The number of hydrogen-bond donors (Lipinski definition) is 2. The molecule has 1 fully saturated rings. The van der Waals surface area contributed by atoms with Crippen molar-refractivity contribution in [2.75, 3.05) is 26.7 Å². The van der Waals surface area contributed by atoms with Crippen LogP contribution in [0.3, 0.4) is 0 Å². The summed E-state index contributed by atoms with van der Waals surface area (Å²) in [7, 11) is 1.47. The lowest BCUT2D eigenvalue weighted by molar-refractivity contribution is -0.153. The van der Waals surface area contributed by atoms with Crippen molar-refractivity contribution in [2.24, 2.45) is 5.41 Å². The molecular formula is C28H26F4N2O4. The van der Waals surface area contributed by atoms with Gasteiger partial charge in [-0.25, -0.2) is 17.6 Å². The van der Waals surface area contributed by atoms with Crippen LogP contribution in [0.2, 0.25) is 0 Å². The number of nitrogens with zero attached hydrogens (tertiary/aromatic N) is 2. The molecule has 4 rings (SSSR count). The number of carbonyl (C=O) groups is 1. The van der Waals surface area contributed by atoms with Crippen LogP contribution < -0.4 is 4.74 Å². The van der Waals surface area contributed by atoms with Gasteiger partial charge in [-0.1, -0.05) is 11.8 Å². The molecule has 200 valence electrons. The van der Waals surface area contributed by atoms with Crippen molar-refractivity contribution in [1.29, 1.82) is 0 Å². The average molecular weight is 531 g/mol. The van der Waals surface area contributed by atoms with Crippen LogP contribution >= 0.6 is 0 Å². The van der Waals surface area contributed by atoms with Crippen LogP contribution in [0.5, 0.6) is 5.75 Å².